The molecule has 0 aromatic heterocycles. The molecule has 100 valence electrons. The van der Waals surface area contributed by atoms with Gasteiger partial charge in [0, 0.05) is 12.1 Å². The average molecular weight is 257 g/mol. The van der Waals surface area contributed by atoms with Crippen molar-refractivity contribution in [1.29, 1.82) is 0 Å². The fourth-order valence-corrected chi connectivity index (χ4v) is 1.89. The van der Waals surface area contributed by atoms with Crippen molar-refractivity contribution in [3.05, 3.63) is 59.7 Å². The predicted octanol–water partition coefficient (Wildman–Crippen LogP) is 2.99. The van der Waals surface area contributed by atoms with Crippen molar-refractivity contribution >= 4 is 0 Å². The normalized spacial score (nSPS) is 10.2. The van der Waals surface area contributed by atoms with Crippen molar-refractivity contribution in [2.45, 2.75) is 13.2 Å². The number of methoxy groups -OCH3 is 1. The summed E-state index contributed by atoms with van der Waals surface area (Å²) in [5.41, 5.74) is 2.29. The first kappa shape index (κ1) is 13.4. The molecule has 0 saturated heterocycles. The van der Waals surface area contributed by atoms with Gasteiger partial charge >= 0.3 is 0 Å². The van der Waals surface area contributed by atoms with Gasteiger partial charge in [0.25, 0.3) is 0 Å². The molecule has 3 nitrogen and oxygen atoms in total. The molecule has 3 heteroatoms. The topological polar surface area (TPSA) is 30.5 Å². The third-order valence-corrected chi connectivity index (χ3v) is 2.89. The largest absolute Gasteiger partial charge is 0.496 e. The minimum Gasteiger partial charge on any atom is -0.496 e. The van der Waals surface area contributed by atoms with Crippen LogP contribution in [0, 0.1) is 0 Å². The second-order valence-corrected chi connectivity index (χ2v) is 4.27. The van der Waals surface area contributed by atoms with Crippen molar-refractivity contribution in [2.24, 2.45) is 0 Å². The van der Waals surface area contributed by atoms with E-state index in [1.54, 1.807) is 7.11 Å². The van der Waals surface area contributed by atoms with E-state index in [9.17, 15) is 0 Å². The molecule has 2 aromatic carbocycles. The van der Waals surface area contributed by atoms with Gasteiger partial charge in [-0.1, -0.05) is 30.3 Å². The molecule has 2 aromatic rings. The van der Waals surface area contributed by atoms with E-state index in [1.165, 1.54) is 5.56 Å². The molecule has 0 heterocycles. The zero-order chi connectivity index (χ0) is 13.5. The minimum absolute atomic E-state index is 0.509. The number of para-hydroxylation sites is 1. The van der Waals surface area contributed by atoms with Gasteiger partial charge in [-0.2, -0.15) is 0 Å². The van der Waals surface area contributed by atoms with Crippen LogP contribution in [0.2, 0.25) is 0 Å². The first-order chi connectivity index (χ1) is 9.33. The Morgan fingerprint density at radius 3 is 2.42 bits per heavy atom. The maximum Gasteiger partial charge on any atom is 0.125 e. The van der Waals surface area contributed by atoms with E-state index >= 15 is 0 Å². The Kier molecular flexibility index (Phi) is 4.81. The predicted molar refractivity (Wildman–Crippen MR) is 76.5 cm³/mol. The van der Waals surface area contributed by atoms with Gasteiger partial charge in [-0.3, -0.25) is 0 Å². The monoisotopic (exact) mass is 257 g/mol. The number of ether oxygens (including phenoxy) is 2. The molecule has 2 rings (SSSR count). The van der Waals surface area contributed by atoms with Gasteiger partial charge in [-0.25, -0.2) is 0 Å². The maximum absolute atomic E-state index is 5.77. The SMILES string of the molecule is CNCc1ccc(OCc2ccccc2OC)cc1. The van der Waals surface area contributed by atoms with Crippen molar-refractivity contribution in [3.8, 4) is 11.5 Å². The standard InChI is InChI=1S/C16H19NO2/c1-17-11-13-7-9-15(10-8-13)19-12-14-5-3-4-6-16(14)18-2/h3-10,17H,11-12H2,1-2H3. The highest BCUT2D eigenvalue weighted by Gasteiger charge is 2.02. The highest BCUT2D eigenvalue weighted by atomic mass is 16.5. The molecule has 0 radical (unpaired) electrons. The molecule has 0 aliphatic heterocycles. The molecule has 0 bridgehead atoms. The lowest BCUT2D eigenvalue weighted by molar-refractivity contribution is 0.296. The zero-order valence-corrected chi connectivity index (χ0v) is 11.3. The molecular formula is C16H19NO2. The summed E-state index contributed by atoms with van der Waals surface area (Å²) < 4.78 is 11.1. The number of hydrogen-bond acceptors (Lipinski definition) is 3. The molecule has 0 unspecified atom stereocenters. The number of nitrogens with one attached hydrogen (secondary N) is 1. The molecule has 1 N–H and O–H groups in total. The Bertz CT molecular complexity index is 508. The Labute approximate surface area is 114 Å². The fraction of sp³-hybridized carbons (Fsp3) is 0.250. The molecule has 0 aliphatic rings. The van der Waals surface area contributed by atoms with Crippen LogP contribution in [0.1, 0.15) is 11.1 Å². The smallest absolute Gasteiger partial charge is 0.125 e. The number of benzene rings is 2. The van der Waals surface area contributed by atoms with Crippen LogP contribution in [0.3, 0.4) is 0 Å². The van der Waals surface area contributed by atoms with Crippen molar-refractivity contribution in [2.75, 3.05) is 14.2 Å². The Balaban J connectivity index is 1.98. The third-order valence-electron chi connectivity index (χ3n) is 2.89. The van der Waals surface area contributed by atoms with E-state index < -0.39 is 0 Å². The van der Waals surface area contributed by atoms with Gasteiger partial charge in [0.05, 0.1) is 7.11 Å². The summed E-state index contributed by atoms with van der Waals surface area (Å²) in [6, 6.07) is 16.0. The van der Waals surface area contributed by atoms with Crippen molar-refractivity contribution < 1.29 is 9.47 Å². The number of rotatable bonds is 6. The zero-order valence-electron chi connectivity index (χ0n) is 11.3. The van der Waals surface area contributed by atoms with Crippen LogP contribution in [0.5, 0.6) is 11.5 Å². The van der Waals surface area contributed by atoms with Crippen LogP contribution >= 0.6 is 0 Å². The van der Waals surface area contributed by atoms with E-state index in [4.69, 9.17) is 9.47 Å². The van der Waals surface area contributed by atoms with Crippen LogP contribution < -0.4 is 14.8 Å². The molecular weight excluding hydrogens is 238 g/mol. The average Bonchev–Trinajstić information content (AvgIpc) is 2.47. The highest BCUT2D eigenvalue weighted by Crippen LogP contribution is 2.20. The van der Waals surface area contributed by atoms with E-state index in [0.717, 1.165) is 23.6 Å². The third kappa shape index (κ3) is 3.73. The van der Waals surface area contributed by atoms with Gasteiger partial charge < -0.3 is 14.8 Å². The summed E-state index contributed by atoms with van der Waals surface area (Å²) >= 11 is 0. The lowest BCUT2D eigenvalue weighted by Crippen LogP contribution is -2.04. The van der Waals surface area contributed by atoms with Gasteiger partial charge in [-0.05, 0) is 30.8 Å². The molecule has 0 saturated carbocycles. The first-order valence-corrected chi connectivity index (χ1v) is 6.31. The van der Waals surface area contributed by atoms with Gasteiger partial charge in [0.15, 0.2) is 0 Å². The lowest BCUT2D eigenvalue weighted by atomic mass is 10.2. The molecule has 0 atom stereocenters. The van der Waals surface area contributed by atoms with Gasteiger partial charge in [-0.15, -0.1) is 0 Å². The van der Waals surface area contributed by atoms with Gasteiger partial charge in [0.2, 0.25) is 0 Å². The number of hydrogen-bond donors (Lipinski definition) is 1. The Hall–Kier alpha value is -2.00. The van der Waals surface area contributed by atoms with Crippen LogP contribution in [-0.2, 0) is 13.2 Å². The summed E-state index contributed by atoms with van der Waals surface area (Å²) in [4.78, 5) is 0. The Morgan fingerprint density at radius 1 is 1.00 bits per heavy atom. The quantitative estimate of drug-likeness (QED) is 0.863. The molecule has 19 heavy (non-hydrogen) atoms. The minimum atomic E-state index is 0.509. The highest BCUT2D eigenvalue weighted by molar-refractivity contribution is 5.33. The lowest BCUT2D eigenvalue weighted by Gasteiger charge is -2.10. The molecule has 0 aliphatic carbocycles. The van der Waals surface area contributed by atoms with Crippen molar-refractivity contribution in [3.63, 3.8) is 0 Å². The summed E-state index contributed by atoms with van der Waals surface area (Å²) in [5, 5.41) is 3.12. The van der Waals surface area contributed by atoms with Crippen LogP contribution in [0.25, 0.3) is 0 Å². The summed E-state index contributed by atoms with van der Waals surface area (Å²) in [6.07, 6.45) is 0. The van der Waals surface area contributed by atoms with Crippen LogP contribution in [-0.4, -0.2) is 14.2 Å². The molecule has 0 spiro atoms. The summed E-state index contributed by atoms with van der Waals surface area (Å²) in [6.45, 7) is 1.38. The van der Waals surface area contributed by atoms with Crippen molar-refractivity contribution in [1.82, 2.24) is 5.32 Å². The van der Waals surface area contributed by atoms with Gasteiger partial charge in [0.1, 0.15) is 18.1 Å². The fourth-order valence-electron chi connectivity index (χ4n) is 1.89. The van der Waals surface area contributed by atoms with Crippen LogP contribution in [0.4, 0.5) is 0 Å². The van der Waals surface area contributed by atoms with E-state index in [2.05, 4.69) is 17.4 Å². The second kappa shape index (κ2) is 6.81. The second-order valence-electron chi connectivity index (χ2n) is 4.27. The molecule has 0 amide bonds. The molecule has 0 fully saturated rings. The van der Waals surface area contributed by atoms with E-state index in [1.807, 2.05) is 43.4 Å². The first-order valence-electron chi connectivity index (χ1n) is 6.31. The van der Waals surface area contributed by atoms with Crippen LogP contribution in [0.15, 0.2) is 48.5 Å². The maximum atomic E-state index is 5.77. The summed E-state index contributed by atoms with van der Waals surface area (Å²) in [7, 11) is 3.61. The Morgan fingerprint density at radius 2 is 1.74 bits per heavy atom. The summed E-state index contributed by atoms with van der Waals surface area (Å²) in [5.74, 6) is 1.72. The van der Waals surface area contributed by atoms with E-state index in [0.29, 0.717) is 6.61 Å². The van der Waals surface area contributed by atoms with E-state index in [-0.39, 0.29) is 0 Å².